The van der Waals surface area contributed by atoms with Gasteiger partial charge in [-0.15, -0.1) is 0 Å². The molecule has 0 bridgehead atoms. The predicted octanol–water partition coefficient (Wildman–Crippen LogP) is 4.18. The van der Waals surface area contributed by atoms with Crippen LogP contribution in [0.4, 0.5) is 0 Å². The molecule has 0 spiro atoms. The normalized spacial score (nSPS) is 25.1. The number of hydrogen-bond acceptors (Lipinski definition) is 7. The lowest BCUT2D eigenvalue weighted by atomic mass is 9.69. The fourth-order valence-electron chi connectivity index (χ4n) is 5.43. The molecule has 0 amide bonds. The summed E-state index contributed by atoms with van der Waals surface area (Å²) in [5.74, 6) is -2.30. The number of allylic oxidation sites excluding steroid dienone is 3. The van der Waals surface area contributed by atoms with Gasteiger partial charge in [0.2, 0.25) is 0 Å². The van der Waals surface area contributed by atoms with Crippen LogP contribution < -0.4 is 10.1 Å². The average Bonchev–Trinajstić information content (AvgIpc) is 3.31. The van der Waals surface area contributed by atoms with Gasteiger partial charge in [-0.1, -0.05) is 19.1 Å². The van der Waals surface area contributed by atoms with Crippen molar-refractivity contribution < 1.29 is 28.6 Å². The molecule has 1 heterocycles. The summed E-state index contributed by atoms with van der Waals surface area (Å²) in [6, 6.07) is 7.43. The SMILES string of the molecule is CCOc1ccc(C2C(C(=O)OC3CCCC3)=C(C)NC3=C2C(=O)C(C(=O)OC)C(C)C3)cc1. The van der Waals surface area contributed by atoms with Gasteiger partial charge < -0.3 is 19.5 Å². The molecule has 3 unspecified atom stereocenters. The summed E-state index contributed by atoms with van der Waals surface area (Å²) in [7, 11) is 1.30. The number of ketones is 1. The van der Waals surface area contributed by atoms with E-state index in [2.05, 4.69) is 5.32 Å². The second kappa shape index (κ2) is 10.0. The van der Waals surface area contributed by atoms with E-state index < -0.39 is 23.8 Å². The minimum absolute atomic E-state index is 0.103. The highest BCUT2D eigenvalue weighted by Gasteiger charge is 2.47. The lowest BCUT2D eigenvalue weighted by Crippen LogP contribution is -2.43. The minimum Gasteiger partial charge on any atom is -0.494 e. The molecular formula is C27H33NO6. The lowest BCUT2D eigenvalue weighted by molar-refractivity contribution is -0.151. The fourth-order valence-corrected chi connectivity index (χ4v) is 5.43. The summed E-state index contributed by atoms with van der Waals surface area (Å²) < 4.78 is 16.4. The average molecular weight is 468 g/mol. The van der Waals surface area contributed by atoms with Gasteiger partial charge in [0.05, 0.1) is 19.3 Å². The van der Waals surface area contributed by atoms with Crippen LogP contribution in [0.3, 0.4) is 0 Å². The van der Waals surface area contributed by atoms with E-state index in [9.17, 15) is 14.4 Å². The molecule has 3 aliphatic rings. The van der Waals surface area contributed by atoms with E-state index in [4.69, 9.17) is 14.2 Å². The quantitative estimate of drug-likeness (QED) is 0.496. The molecule has 7 heteroatoms. The Morgan fingerprint density at radius 3 is 2.41 bits per heavy atom. The summed E-state index contributed by atoms with van der Waals surface area (Å²) >= 11 is 0. The van der Waals surface area contributed by atoms with Crippen LogP contribution in [-0.4, -0.2) is 37.5 Å². The van der Waals surface area contributed by atoms with Crippen LogP contribution in [0, 0.1) is 11.8 Å². The van der Waals surface area contributed by atoms with Crippen LogP contribution in [0.2, 0.25) is 0 Å². The molecule has 34 heavy (non-hydrogen) atoms. The highest BCUT2D eigenvalue weighted by Crippen LogP contribution is 2.46. The number of rotatable bonds is 6. The molecule has 0 aromatic heterocycles. The number of dihydropyridines is 1. The Bertz CT molecular complexity index is 1030. The number of hydrogen-bond donors (Lipinski definition) is 1. The van der Waals surface area contributed by atoms with Crippen molar-refractivity contribution in [3.63, 3.8) is 0 Å². The standard InChI is InChI=1S/C27H33NO6/c1-5-33-18-12-10-17(11-13-18)23-22(27(31)34-19-8-6-7-9-19)16(3)28-20-14-15(2)21(26(30)32-4)25(29)24(20)23/h10-13,15,19,21,23,28H,5-9,14H2,1-4H3. The van der Waals surface area contributed by atoms with Gasteiger partial charge in [-0.25, -0.2) is 4.79 Å². The molecule has 0 saturated heterocycles. The maximum absolute atomic E-state index is 13.7. The third-order valence-electron chi connectivity index (χ3n) is 7.06. The van der Waals surface area contributed by atoms with Gasteiger partial charge in [-0.2, -0.15) is 0 Å². The Labute approximate surface area is 200 Å². The molecule has 1 aromatic carbocycles. The monoisotopic (exact) mass is 467 g/mol. The zero-order valence-electron chi connectivity index (χ0n) is 20.3. The molecule has 1 N–H and O–H groups in total. The second-order valence-electron chi connectivity index (χ2n) is 9.35. The number of esters is 2. The van der Waals surface area contributed by atoms with E-state index >= 15 is 0 Å². The lowest BCUT2D eigenvalue weighted by Gasteiger charge is -2.38. The van der Waals surface area contributed by atoms with Crippen LogP contribution in [0.25, 0.3) is 0 Å². The third-order valence-corrected chi connectivity index (χ3v) is 7.06. The summed E-state index contributed by atoms with van der Waals surface area (Å²) in [5.41, 5.74) is 3.08. The van der Waals surface area contributed by atoms with E-state index in [-0.39, 0.29) is 17.8 Å². The molecule has 3 atom stereocenters. The maximum Gasteiger partial charge on any atom is 0.337 e. The Kier molecular flexibility index (Phi) is 7.10. The van der Waals surface area contributed by atoms with E-state index in [0.717, 1.165) is 36.9 Å². The third kappa shape index (κ3) is 4.48. The molecule has 1 fully saturated rings. The van der Waals surface area contributed by atoms with Gasteiger partial charge in [-0.05, 0) is 69.6 Å². The Morgan fingerprint density at radius 1 is 1.12 bits per heavy atom. The minimum atomic E-state index is -0.902. The summed E-state index contributed by atoms with van der Waals surface area (Å²) in [6.45, 7) is 6.17. The van der Waals surface area contributed by atoms with E-state index in [1.54, 1.807) is 0 Å². The number of benzene rings is 1. The number of methoxy groups -OCH3 is 1. The molecule has 1 aliphatic heterocycles. The molecule has 2 aliphatic carbocycles. The zero-order chi connectivity index (χ0) is 24.4. The molecule has 1 aromatic rings. The Hall–Kier alpha value is -3.09. The molecule has 0 radical (unpaired) electrons. The number of Topliss-reactive ketones (excluding diaryl/α,β-unsaturated/α-hetero) is 1. The van der Waals surface area contributed by atoms with Crippen molar-refractivity contribution in [1.29, 1.82) is 0 Å². The number of nitrogens with one attached hydrogen (secondary N) is 1. The van der Waals surface area contributed by atoms with Crippen molar-refractivity contribution in [2.45, 2.75) is 64.9 Å². The molecule has 182 valence electrons. The second-order valence-corrected chi connectivity index (χ2v) is 9.35. The van der Waals surface area contributed by atoms with E-state index in [1.807, 2.05) is 45.0 Å². The van der Waals surface area contributed by atoms with Crippen molar-refractivity contribution in [3.8, 4) is 5.75 Å². The molecular weight excluding hydrogens is 434 g/mol. The Morgan fingerprint density at radius 2 is 1.79 bits per heavy atom. The van der Waals surface area contributed by atoms with Crippen LogP contribution in [0.5, 0.6) is 5.75 Å². The summed E-state index contributed by atoms with van der Waals surface area (Å²) in [4.78, 5) is 39.7. The first-order valence-electron chi connectivity index (χ1n) is 12.1. The van der Waals surface area contributed by atoms with E-state index in [1.165, 1.54) is 7.11 Å². The van der Waals surface area contributed by atoms with Gasteiger partial charge in [0.15, 0.2) is 5.78 Å². The Balaban J connectivity index is 1.78. The fraction of sp³-hybridized carbons (Fsp3) is 0.519. The largest absolute Gasteiger partial charge is 0.494 e. The highest BCUT2D eigenvalue weighted by molar-refractivity contribution is 6.12. The van der Waals surface area contributed by atoms with Crippen molar-refractivity contribution in [2.75, 3.05) is 13.7 Å². The van der Waals surface area contributed by atoms with Gasteiger partial charge >= 0.3 is 11.9 Å². The van der Waals surface area contributed by atoms with E-state index in [0.29, 0.717) is 35.6 Å². The first-order chi connectivity index (χ1) is 16.3. The van der Waals surface area contributed by atoms with Crippen molar-refractivity contribution in [2.24, 2.45) is 11.8 Å². The predicted molar refractivity (Wildman–Crippen MR) is 126 cm³/mol. The molecule has 7 nitrogen and oxygen atoms in total. The van der Waals surface area contributed by atoms with Gasteiger partial charge in [0, 0.05) is 22.9 Å². The first kappa shape index (κ1) is 24.0. The van der Waals surface area contributed by atoms with Crippen molar-refractivity contribution in [1.82, 2.24) is 5.32 Å². The van der Waals surface area contributed by atoms with Crippen LogP contribution in [0.15, 0.2) is 46.8 Å². The molecule has 1 saturated carbocycles. The maximum atomic E-state index is 13.7. The topological polar surface area (TPSA) is 90.9 Å². The smallest absolute Gasteiger partial charge is 0.337 e. The summed E-state index contributed by atoms with van der Waals surface area (Å²) in [5, 5.41) is 3.30. The van der Waals surface area contributed by atoms with Crippen molar-refractivity contribution >= 4 is 17.7 Å². The van der Waals surface area contributed by atoms with Crippen LogP contribution >= 0.6 is 0 Å². The van der Waals surface area contributed by atoms with Crippen LogP contribution in [0.1, 0.15) is 64.4 Å². The van der Waals surface area contributed by atoms with Crippen LogP contribution in [-0.2, 0) is 23.9 Å². The number of carbonyl (C=O) groups excluding carboxylic acids is 3. The van der Waals surface area contributed by atoms with Gasteiger partial charge in [0.25, 0.3) is 0 Å². The summed E-state index contributed by atoms with van der Waals surface area (Å²) in [6.07, 6.45) is 4.21. The van der Waals surface area contributed by atoms with Gasteiger partial charge in [0.1, 0.15) is 17.8 Å². The zero-order valence-corrected chi connectivity index (χ0v) is 20.3. The number of ether oxygens (including phenoxy) is 3. The highest BCUT2D eigenvalue weighted by atomic mass is 16.5. The van der Waals surface area contributed by atoms with Gasteiger partial charge in [-0.3, -0.25) is 9.59 Å². The number of carbonyl (C=O) groups is 3. The van der Waals surface area contributed by atoms with Crippen molar-refractivity contribution in [3.05, 3.63) is 52.4 Å². The molecule has 4 rings (SSSR count). The first-order valence-corrected chi connectivity index (χ1v) is 12.1.